The maximum atomic E-state index is 12.5. The van der Waals surface area contributed by atoms with E-state index in [-0.39, 0.29) is 15.7 Å². The van der Waals surface area contributed by atoms with Gasteiger partial charge in [0.25, 0.3) is 0 Å². The van der Waals surface area contributed by atoms with Gasteiger partial charge in [-0.3, -0.25) is 0 Å². The third-order valence-corrected chi connectivity index (χ3v) is 2.91. The first-order chi connectivity index (χ1) is 9.97. The Balaban J connectivity index is 2.42. The van der Waals surface area contributed by atoms with Gasteiger partial charge in [-0.05, 0) is 6.07 Å². The van der Waals surface area contributed by atoms with Crippen LogP contribution in [0.1, 0.15) is 5.69 Å². The number of rotatable bonds is 2. The maximum Gasteiger partial charge on any atom is 0.573 e. The molecule has 11 heteroatoms. The summed E-state index contributed by atoms with van der Waals surface area (Å²) in [7, 11) is 0. The van der Waals surface area contributed by atoms with E-state index in [2.05, 4.69) is 9.84 Å². The standard InChI is InChI=1S/C11H4Cl2F6N2O/c12-6-3-5(22-11(17,18)19)4-7(13)9(6)21-2-1-8(20-21)10(14,15)16/h1-4H. The molecule has 0 atom stereocenters. The molecule has 0 radical (unpaired) electrons. The lowest BCUT2D eigenvalue weighted by Gasteiger charge is -2.12. The Kier molecular flexibility index (Phi) is 4.22. The minimum atomic E-state index is -4.96. The zero-order valence-corrected chi connectivity index (χ0v) is 11.6. The van der Waals surface area contributed by atoms with E-state index in [1.54, 1.807) is 0 Å². The van der Waals surface area contributed by atoms with Crippen molar-refractivity contribution < 1.29 is 31.1 Å². The van der Waals surface area contributed by atoms with Gasteiger partial charge >= 0.3 is 12.5 Å². The largest absolute Gasteiger partial charge is 0.573 e. The molecule has 1 heterocycles. The zero-order chi connectivity index (χ0) is 16.7. The fraction of sp³-hybridized carbons (Fsp3) is 0.182. The number of alkyl halides is 6. The van der Waals surface area contributed by atoms with E-state index < -0.39 is 24.0 Å². The quantitative estimate of drug-likeness (QED) is 0.693. The summed E-state index contributed by atoms with van der Waals surface area (Å²) in [6.07, 6.45) is -8.70. The molecule has 0 aliphatic heterocycles. The molecule has 0 fully saturated rings. The molecule has 2 aromatic rings. The third kappa shape index (κ3) is 3.77. The monoisotopic (exact) mass is 364 g/mol. The number of aromatic nitrogens is 2. The van der Waals surface area contributed by atoms with Crippen LogP contribution in [0.2, 0.25) is 10.0 Å². The van der Waals surface area contributed by atoms with Gasteiger partial charge in [-0.25, -0.2) is 4.68 Å². The first kappa shape index (κ1) is 16.8. The van der Waals surface area contributed by atoms with Crippen molar-refractivity contribution in [2.75, 3.05) is 0 Å². The fourth-order valence-corrected chi connectivity index (χ4v) is 2.19. The summed E-state index contributed by atoms with van der Waals surface area (Å²) in [5.74, 6) is -0.700. The van der Waals surface area contributed by atoms with E-state index in [0.29, 0.717) is 10.7 Å². The molecule has 3 nitrogen and oxygen atoms in total. The minimum Gasteiger partial charge on any atom is -0.406 e. The van der Waals surface area contributed by atoms with Crippen LogP contribution in [0.25, 0.3) is 5.69 Å². The molecule has 0 amide bonds. The molecule has 0 saturated carbocycles. The van der Waals surface area contributed by atoms with E-state index in [0.717, 1.165) is 18.3 Å². The Bertz CT molecular complexity index is 672. The first-order valence-electron chi connectivity index (χ1n) is 5.35. The Morgan fingerprint density at radius 3 is 1.95 bits per heavy atom. The highest BCUT2D eigenvalue weighted by atomic mass is 35.5. The van der Waals surface area contributed by atoms with Gasteiger partial charge in [-0.1, -0.05) is 23.2 Å². The van der Waals surface area contributed by atoms with Gasteiger partial charge in [0.05, 0.1) is 10.0 Å². The van der Waals surface area contributed by atoms with Crippen LogP contribution in [0.15, 0.2) is 24.4 Å². The molecule has 0 N–H and O–H groups in total. The minimum absolute atomic E-state index is 0.201. The lowest BCUT2D eigenvalue weighted by Crippen LogP contribution is -2.17. The van der Waals surface area contributed by atoms with Gasteiger partial charge in [0.1, 0.15) is 11.4 Å². The van der Waals surface area contributed by atoms with Crippen LogP contribution >= 0.6 is 23.2 Å². The third-order valence-electron chi connectivity index (χ3n) is 2.33. The second kappa shape index (κ2) is 5.54. The number of halogens is 8. The number of hydrogen-bond acceptors (Lipinski definition) is 2. The molecule has 0 aliphatic carbocycles. The highest BCUT2D eigenvalue weighted by Gasteiger charge is 2.34. The second-order valence-electron chi connectivity index (χ2n) is 3.93. The van der Waals surface area contributed by atoms with Crippen molar-refractivity contribution in [2.45, 2.75) is 12.5 Å². The summed E-state index contributed by atoms with van der Waals surface area (Å²) in [6.45, 7) is 0. The zero-order valence-electron chi connectivity index (χ0n) is 10.1. The predicted octanol–water partition coefficient (Wildman–Crippen LogP) is 5.10. The molecule has 0 bridgehead atoms. The van der Waals surface area contributed by atoms with Crippen LogP contribution in [0.4, 0.5) is 26.3 Å². The van der Waals surface area contributed by atoms with Gasteiger partial charge in [-0.2, -0.15) is 18.3 Å². The molecule has 0 spiro atoms. The molecule has 22 heavy (non-hydrogen) atoms. The van der Waals surface area contributed by atoms with Crippen molar-refractivity contribution in [3.05, 3.63) is 40.1 Å². The lowest BCUT2D eigenvalue weighted by atomic mass is 10.3. The molecular formula is C11H4Cl2F6N2O. The highest BCUT2D eigenvalue weighted by molar-refractivity contribution is 6.38. The van der Waals surface area contributed by atoms with Crippen molar-refractivity contribution >= 4 is 23.2 Å². The Hall–Kier alpha value is -1.61. The van der Waals surface area contributed by atoms with Gasteiger partial charge in [0.2, 0.25) is 0 Å². The van der Waals surface area contributed by atoms with Gasteiger partial charge < -0.3 is 4.74 Å². The number of hydrogen-bond donors (Lipinski definition) is 0. The van der Waals surface area contributed by atoms with E-state index in [4.69, 9.17) is 23.2 Å². The number of nitrogens with zero attached hydrogens (tertiary/aromatic N) is 2. The Labute approximate surface area is 129 Å². The first-order valence-corrected chi connectivity index (χ1v) is 6.11. The van der Waals surface area contributed by atoms with Gasteiger partial charge in [0, 0.05) is 18.3 Å². The molecule has 0 unspecified atom stereocenters. The van der Waals surface area contributed by atoms with E-state index in [1.807, 2.05) is 0 Å². The average Bonchev–Trinajstić information content (AvgIpc) is 2.74. The number of benzene rings is 1. The van der Waals surface area contributed by atoms with Crippen LogP contribution < -0.4 is 4.74 Å². The average molecular weight is 365 g/mol. The molecule has 1 aromatic carbocycles. The van der Waals surface area contributed by atoms with E-state index in [1.165, 1.54) is 0 Å². The molecule has 0 saturated heterocycles. The van der Waals surface area contributed by atoms with E-state index in [9.17, 15) is 26.3 Å². The van der Waals surface area contributed by atoms with Crippen LogP contribution in [0, 0.1) is 0 Å². The normalized spacial score (nSPS) is 12.5. The summed E-state index contributed by atoms with van der Waals surface area (Å²) in [5.41, 5.74) is -1.40. The lowest BCUT2D eigenvalue weighted by molar-refractivity contribution is -0.274. The van der Waals surface area contributed by atoms with Crippen molar-refractivity contribution in [1.29, 1.82) is 0 Å². The van der Waals surface area contributed by atoms with Gasteiger partial charge in [0.15, 0.2) is 5.69 Å². The summed E-state index contributed by atoms with van der Waals surface area (Å²) in [6, 6.07) is 2.21. The molecule has 120 valence electrons. The van der Waals surface area contributed by atoms with Gasteiger partial charge in [-0.15, -0.1) is 13.2 Å². The smallest absolute Gasteiger partial charge is 0.406 e. The molecule has 2 rings (SSSR count). The SMILES string of the molecule is FC(F)(F)Oc1cc(Cl)c(-n2ccc(C(F)(F)F)n2)c(Cl)c1. The van der Waals surface area contributed by atoms with E-state index >= 15 is 0 Å². The maximum absolute atomic E-state index is 12.5. The second-order valence-corrected chi connectivity index (χ2v) is 4.74. The summed E-state index contributed by atoms with van der Waals surface area (Å²) in [5, 5.41) is 2.52. The highest BCUT2D eigenvalue weighted by Crippen LogP contribution is 2.36. The Morgan fingerprint density at radius 2 is 1.55 bits per heavy atom. The molecule has 0 aliphatic rings. The fourth-order valence-electron chi connectivity index (χ4n) is 1.55. The predicted molar refractivity (Wildman–Crippen MR) is 65.3 cm³/mol. The van der Waals surface area contributed by atoms with Crippen molar-refractivity contribution in [2.24, 2.45) is 0 Å². The van der Waals surface area contributed by atoms with Crippen LogP contribution in [0.3, 0.4) is 0 Å². The Morgan fingerprint density at radius 1 is 1.00 bits per heavy atom. The van der Waals surface area contributed by atoms with Crippen LogP contribution in [0.5, 0.6) is 5.75 Å². The molecule has 1 aromatic heterocycles. The topological polar surface area (TPSA) is 27.1 Å². The summed E-state index contributed by atoms with van der Waals surface area (Å²) in [4.78, 5) is 0. The van der Waals surface area contributed by atoms with Crippen molar-refractivity contribution in [3.8, 4) is 11.4 Å². The van der Waals surface area contributed by atoms with Crippen LogP contribution in [-0.4, -0.2) is 16.1 Å². The van der Waals surface area contributed by atoms with Crippen LogP contribution in [-0.2, 0) is 6.18 Å². The summed E-state index contributed by atoms with van der Waals surface area (Å²) >= 11 is 11.5. The number of ether oxygens (including phenoxy) is 1. The van der Waals surface area contributed by atoms with Crippen molar-refractivity contribution in [1.82, 2.24) is 9.78 Å². The van der Waals surface area contributed by atoms with Crippen molar-refractivity contribution in [3.63, 3.8) is 0 Å². The molecular weight excluding hydrogens is 361 g/mol. The summed E-state index contributed by atoms with van der Waals surface area (Å²) < 4.78 is 78.1.